The molecule has 0 fully saturated rings. The molecular formula is C17H25NO. The lowest BCUT2D eigenvalue weighted by atomic mass is 10.2. The minimum atomic E-state index is 0.688. The highest BCUT2D eigenvalue weighted by Crippen LogP contribution is 1.99. The van der Waals surface area contributed by atoms with Gasteiger partial charge in [-0.3, -0.25) is 4.99 Å². The Morgan fingerprint density at radius 2 is 1.95 bits per heavy atom. The number of hydrogen-bond acceptors (Lipinski definition) is 2. The van der Waals surface area contributed by atoms with E-state index < -0.39 is 0 Å². The van der Waals surface area contributed by atoms with Gasteiger partial charge in [-0.25, -0.2) is 0 Å². The molecule has 1 aromatic rings. The summed E-state index contributed by atoms with van der Waals surface area (Å²) in [6, 6.07) is 8.27. The number of aryl methyl sites for hydroxylation is 1. The summed E-state index contributed by atoms with van der Waals surface area (Å²) < 4.78 is 4.85. The predicted molar refractivity (Wildman–Crippen MR) is 84.9 cm³/mol. The first kappa shape index (κ1) is 17.2. The van der Waals surface area contributed by atoms with Crippen LogP contribution in [0.3, 0.4) is 0 Å². The van der Waals surface area contributed by atoms with E-state index in [4.69, 9.17) is 4.74 Å². The number of nitrogens with zero attached hydrogens (tertiary/aromatic N) is 1. The number of allylic oxidation sites excluding steroid dienone is 2. The van der Waals surface area contributed by atoms with E-state index in [9.17, 15) is 0 Å². The maximum Gasteiger partial charge on any atom is 0.0884 e. The SMILES string of the molecule is C=CCN=Cc1ccc(C)cc1.CC/C=C(\C)OC. The fourth-order valence-corrected chi connectivity index (χ4v) is 1.26. The lowest BCUT2D eigenvalue weighted by molar-refractivity contribution is 0.292. The molecule has 0 aliphatic carbocycles. The minimum absolute atomic E-state index is 0.688. The Kier molecular flexibility index (Phi) is 10.2. The average molecular weight is 259 g/mol. The van der Waals surface area contributed by atoms with Crippen molar-refractivity contribution in [1.29, 1.82) is 0 Å². The summed E-state index contributed by atoms with van der Waals surface area (Å²) in [5, 5.41) is 0. The Morgan fingerprint density at radius 3 is 2.37 bits per heavy atom. The van der Waals surface area contributed by atoms with Crippen molar-refractivity contribution in [2.24, 2.45) is 4.99 Å². The number of methoxy groups -OCH3 is 1. The summed E-state index contributed by atoms with van der Waals surface area (Å²) in [5.74, 6) is 1.00. The second-order valence-electron chi connectivity index (χ2n) is 4.12. The van der Waals surface area contributed by atoms with E-state index >= 15 is 0 Å². The number of ether oxygens (including phenoxy) is 1. The molecule has 0 heterocycles. The van der Waals surface area contributed by atoms with Gasteiger partial charge in [0.25, 0.3) is 0 Å². The van der Waals surface area contributed by atoms with Crippen LogP contribution in [0.15, 0.2) is 53.7 Å². The molecular weight excluding hydrogens is 234 g/mol. The molecule has 0 aliphatic rings. The molecule has 0 atom stereocenters. The molecule has 1 aromatic carbocycles. The predicted octanol–water partition coefficient (Wildman–Crippen LogP) is 4.55. The van der Waals surface area contributed by atoms with Crippen molar-refractivity contribution >= 4 is 6.21 Å². The molecule has 104 valence electrons. The second-order valence-corrected chi connectivity index (χ2v) is 4.12. The van der Waals surface area contributed by atoms with E-state index in [1.165, 1.54) is 5.56 Å². The topological polar surface area (TPSA) is 21.6 Å². The van der Waals surface area contributed by atoms with Gasteiger partial charge in [0.05, 0.1) is 19.4 Å². The molecule has 0 amide bonds. The first-order chi connectivity index (χ1) is 9.13. The molecule has 0 bridgehead atoms. The van der Waals surface area contributed by atoms with Crippen LogP contribution in [-0.4, -0.2) is 19.9 Å². The number of hydrogen-bond donors (Lipinski definition) is 0. The molecule has 1 rings (SSSR count). The van der Waals surface area contributed by atoms with Crippen LogP contribution < -0.4 is 0 Å². The zero-order valence-corrected chi connectivity index (χ0v) is 12.5. The standard InChI is InChI=1S/C11H13N.C6H12O/c1-3-8-12-9-11-6-4-10(2)5-7-11;1-4-5-6(2)7-3/h3-7,9H,1,8H2,2H3;5H,4H2,1-3H3/b;6-5+. The van der Waals surface area contributed by atoms with Gasteiger partial charge in [0.15, 0.2) is 0 Å². The Bertz CT molecular complexity index is 402. The van der Waals surface area contributed by atoms with E-state index in [0.29, 0.717) is 6.54 Å². The van der Waals surface area contributed by atoms with Crippen LogP contribution in [0.2, 0.25) is 0 Å². The lowest BCUT2D eigenvalue weighted by Crippen LogP contribution is -1.81. The molecule has 0 aromatic heterocycles. The van der Waals surface area contributed by atoms with Crippen LogP contribution in [0.5, 0.6) is 0 Å². The zero-order chi connectivity index (χ0) is 14.5. The molecule has 0 N–H and O–H groups in total. The highest BCUT2D eigenvalue weighted by Gasteiger charge is 1.85. The van der Waals surface area contributed by atoms with Crippen LogP contribution in [0.4, 0.5) is 0 Å². The van der Waals surface area contributed by atoms with Gasteiger partial charge in [0.2, 0.25) is 0 Å². The van der Waals surface area contributed by atoms with Crippen LogP contribution >= 0.6 is 0 Å². The van der Waals surface area contributed by atoms with Gasteiger partial charge in [0.1, 0.15) is 0 Å². The fourth-order valence-electron chi connectivity index (χ4n) is 1.26. The summed E-state index contributed by atoms with van der Waals surface area (Å²) in [4.78, 5) is 4.15. The van der Waals surface area contributed by atoms with E-state index in [-0.39, 0.29) is 0 Å². The monoisotopic (exact) mass is 259 g/mol. The summed E-state index contributed by atoms with van der Waals surface area (Å²) >= 11 is 0. The van der Waals surface area contributed by atoms with Gasteiger partial charge in [0, 0.05) is 6.21 Å². The highest BCUT2D eigenvalue weighted by molar-refractivity contribution is 5.79. The van der Waals surface area contributed by atoms with Crippen LogP contribution in [0.25, 0.3) is 0 Å². The zero-order valence-electron chi connectivity index (χ0n) is 12.5. The molecule has 0 spiro atoms. The van der Waals surface area contributed by atoms with Crippen molar-refractivity contribution in [3.05, 3.63) is 59.9 Å². The average Bonchev–Trinajstić information content (AvgIpc) is 2.42. The third kappa shape index (κ3) is 9.83. The number of benzene rings is 1. The molecule has 19 heavy (non-hydrogen) atoms. The van der Waals surface area contributed by atoms with Gasteiger partial charge in [-0.15, -0.1) is 6.58 Å². The smallest absolute Gasteiger partial charge is 0.0884 e. The molecule has 0 aliphatic heterocycles. The van der Waals surface area contributed by atoms with Crippen LogP contribution in [-0.2, 0) is 4.74 Å². The molecule has 2 heteroatoms. The van der Waals surface area contributed by atoms with Crippen LogP contribution in [0, 0.1) is 6.92 Å². The maximum atomic E-state index is 4.85. The van der Waals surface area contributed by atoms with Crippen molar-refractivity contribution in [3.63, 3.8) is 0 Å². The summed E-state index contributed by atoms with van der Waals surface area (Å²) in [6.45, 7) is 10.4. The van der Waals surface area contributed by atoms with Gasteiger partial charge < -0.3 is 4.74 Å². The highest BCUT2D eigenvalue weighted by atomic mass is 16.5. The number of rotatable bonds is 5. The van der Waals surface area contributed by atoms with Crippen molar-refractivity contribution in [1.82, 2.24) is 0 Å². The van der Waals surface area contributed by atoms with Gasteiger partial charge in [-0.2, -0.15) is 0 Å². The molecule has 2 nitrogen and oxygen atoms in total. The number of aliphatic imine (C=N–C) groups is 1. The molecule has 0 radical (unpaired) electrons. The van der Waals surface area contributed by atoms with Gasteiger partial charge >= 0.3 is 0 Å². The lowest BCUT2D eigenvalue weighted by Gasteiger charge is -1.93. The van der Waals surface area contributed by atoms with Gasteiger partial charge in [-0.05, 0) is 31.9 Å². The first-order valence-corrected chi connectivity index (χ1v) is 6.52. The largest absolute Gasteiger partial charge is 0.502 e. The quantitative estimate of drug-likeness (QED) is 0.432. The Hall–Kier alpha value is -1.83. The van der Waals surface area contributed by atoms with Gasteiger partial charge in [-0.1, -0.05) is 42.8 Å². The Morgan fingerprint density at radius 1 is 1.32 bits per heavy atom. The van der Waals surface area contributed by atoms with E-state index in [0.717, 1.165) is 17.7 Å². The summed E-state index contributed by atoms with van der Waals surface area (Å²) in [6.07, 6.45) is 6.74. The normalized spacial score (nSPS) is 10.8. The maximum absolute atomic E-state index is 4.85. The van der Waals surface area contributed by atoms with Crippen molar-refractivity contribution in [3.8, 4) is 0 Å². The third-order valence-corrected chi connectivity index (χ3v) is 2.37. The third-order valence-electron chi connectivity index (χ3n) is 2.37. The van der Waals surface area contributed by atoms with E-state index in [2.05, 4.69) is 49.7 Å². The minimum Gasteiger partial charge on any atom is -0.502 e. The van der Waals surface area contributed by atoms with E-state index in [1.807, 2.05) is 19.2 Å². The summed E-state index contributed by atoms with van der Waals surface area (Å²) in [5.41, 5.74) is 2.42. The second kappa shape index (κ2) is 11.3. The summed E-state index contributed by atoms with van der Waals surface area (Å²) in [7, 11) is 1.68. The fraction of sp³-hybridized carbons (Fsp3) is 0.353. The van der Waals surface area contributed by atoms with Crippen molar-refractivity contribution in [2.75, 3.05) is 13.7 Å². The van der Waals surface area contributed by atoms with Crippen molar-refractivity contribution < 1.29 is 4.74 Å². The molecule has 0 saturated heterocycles. The molecule has 0 unspecified atom stereocenters. The van der Waals surface area contributed by atoms with Crippen molar-refractivity contribution in [2.45, 2.75) is 27.2 Å². The Labute approximate surface area is 117 Å². The molecule has 0 saturated carbocycles. The van der Waals surface area contributed by atoms with Crippen LogP contribution in [0.1, 0.15) is 31.4 Å². The first-order valence-electron chi connectivity index (χ1n) is 6.52. The Balaban J connectivity index is 0.000000399. The van der Waals surface area contributed by atoms with E-state index in [1.54, 1.807) is 13.2 Å².